The van der Waals surface area contributed by atoms with E-state index in [4.69, 9.17) is 4.74 Å². The predicted octanol–water partition coefficient (Wildman–Crippen LogP) is 4.55. The van der Waals surface area contributed by atoms with Crippen molar-refractivity contribution in [1.29, 1.82) is 0 Å². The van der Waals surface area contributed by atoms with E-state index in [9.17, 15) is 13.2 Å². The van der Waals surface area contributed by atoms with Gasteiger partial charge in [0.15, 0.2) is 0 Å². The van der Waals surface area contributed by atoms with Crippen LogP contribution in [0.2, 0.25) is 0 Å². The van der Waals surface area contributed by atoms with E-state index in [2.05, 4.69) is 5.32 Å². The fourth-order valence-corrected chi connectivity index (χ4v) is 5.47. The van der Waals surface area contributed by atoms with Crippen molar-refractivity contribution in [2.75, 3.05) is 16.2 Å². The molecule has 0 atom stereocenters. The first-order valence-corrected chi connectivity index (χ1v) is 11.4. The number of ether oxygens (including phenoxy) is 1. The van der Waals surface area contributed by atoms with Gasteiger partial charge in [-0.15, -0.1) is 0 Å². The number of sulfonamides is 1. The van der Waals surface area contributed by atoms with Gasteiger partial charge in [0.05, 0.1) is 16.7 Å². The Morgan fingerprint density at radius 2 is 1.80 bits per heavy atom. The van der Waals surface area contributed by atoms with Gasteiger partial charge in [-0.1, -0.05) is 30.3 Å². The molecule has 6 nitrogen and oxygen atoms in total. The quantitative estimate of drug-likeness (QED) is 0.604. The van der Waals surface area contributed by atoms with E-state index >= 15 is 0 Å². The van der Waals surface area contributed by atoms with Crippen molar-refractivity contribution in [3.63, 3.8) is 0 Å². The molecule has 156 valence electrons. The first kappa shape index (κ1) is 20.2. The summed E-state index contributed by atoms with van der Waals surface area (Å²) in [6.07, 6.45) is 0.678. The summed E-state index contributed by atoms with van der Waals surface area (Å²) in [6, 6.07) is 18.1. The van der Waals surface area contributed by atoms with Gasteiger partial charge in [0.1, 0.15) is 5.75 Å². The van der Waals surface area contributed by atoms with E-state index < -0.39 is 10.0 Å². The molecule has 1 amide bonds. The largest absolute Gasteiger partial charge is 0.491 e. The van der Waals surface area contributed by atoms with Gasteiger partial charge in [-0.2, -0.15) is 0 Å². The smallest absolute Gasteiger partial charge is 0.265 e. The summed E-state index contributed by atoms with van der Waals surface area (Å²) in [5.41, 5.74) is 1.34. The molecule has 3 aromatic rings. The normalized spacial score (nSPS) is 14.3. The summed E-state index contributed by atoms with van der Waals surface area (Å²) in [6.45, 7) is 4.13. The summed E-state index contributed by atoms with van der Waals surface area (Å²) in [5, 5.41) is 4.51. The Morgan fingerprint density at radius 3 is 2.57 bits per heavy atom. The van der Waals surface area contributed by atoms with E-state index in [1.165, 1.54) is 4.31 Å². The maximum Gasteiger partial charge on any atom is 0.265 e. The van der Waals surface area contributed by atoms with E-state index in [0.717, 1.165) is 10.8 Å². The lowest BCUT2D eigenvalue weighted by molar-refractivity contribution is -0.116. The SMILES string of the molecule is CC(C)Oc1cccc(NC(=O)CCCN2c3cccc4cccc(c34)S2(=O)=O)c1. The molecule has 0 aliphatic carbocycles. The van der Waals surface area contributed by atoms with Gasteiger partial charge in [0.25, 0.3) is 10.0 Å². The van der Waals surface area contributed by atoms with Gasteiger partial charge < -0.3 is 10.1 Å². The van der Waals surface area contributed by atoms with Gasteiger partial charge in [-0.3, -0.25) is 9.10 Å². The summed E-state index contributed by atoms with van der Waals surface area (Å²) >= 11 is 0. The van der Waals surface area contributed by atoms with E-state index in [0.29, 0.717) is 28.4 Å². The molecule has 7 heteroatoms. The minimum atomic E-state index is -3.59. The number of carbonyl (C=O) groups excluding carboxylic acids is 1. The molecule has 0 fully saturated rings. The maximum absolute atomic E-state index is 13.0. The number of nitrogens with zero attached hydrogens (tertiary/aromatic N) is 1. The maximum atomic E-state index is 13.0. The molecule has 0 saturated carbocycles. The summed E-state index contributed by atoms with van der Waals surface area (Å²) in [4.78, 5) is 12.7. The topological polar surface area (TPSA) is 75.7 Å². The van der Waals surface area contributed by atoms with Crippen LogP contribution in [0, 0.1) is 0 Å². The Hall–Kier alpha value is -3.06. The van der Waals surface area contributed by atoms with Crippen LogP contribution >= 0.6 is 0 Å². The predicted molar refractivity (Wildman–Crippen MR) is 119 cm³/mol. The summed E-state index contributed by atoms with van der Waals surface area (Å²) in [7, 11) is -3.59. The van der Waals surface area contributed by atoms with Crippen LogP contribution in [0.25, 0.3) is 10.8 Å². The molecule has 1 heterocycles. The minimum Gasteiger partial charge on any atom is -0.491 e. The number of nitrogens with one attached hydrogen (secondary N) is 1. The lowest BCUT2D eigenvalue weighted by atomic mass is 10.1. The molecule has 0 bridgehead atoms. The molecule has 0 unspecified atom stereocenters. The number of amides is 1. The second-order valence-corrected chi connectivity index (χ2v) is 9.39. The average molecular weight is 425 g/mol. The molecule has 3 aromatic carbocycles. The van der Waals surface area contributed by atoms with Gasteiger partial charge in [0.2, 0.25) is 5.91 Å². The van der Waals surface area contributed by atoms with Crippen LogP contribution in [0.4, 0.5) is 11.4 Å². The molecule has 0 saturated heterocycles. The van der Waals surface area contributed by atoms with Gasteiger partial charge in [-0.25, -0.2) is 8.42 Å². The van der Waals surface area contributed by atoms with Crippen molar-refractivity contribution in [2.45, 2.75) is 37.7 Å². The highest BCUT2D eigenvalue weighted by molar-refractivity contribution is 7.93. The third-order valence-corrected chi connectivity index (χ3v) is 6.79. The Bertz CT molecular complexity index is 1200. The Kier molecular flexibility index (Phi) is 5.39. The molecule has 4 rings (SSSR count). The van der Waals surface area contributed by atoms with Crippen LogP contribution < -0.4 is 14.4 Å². The van der Waals surface area contributed by atoms with Crippen LogP contribution in [-0.4, -0.2) is 27.0 Å². The van der Waals surface area contributed by atoms with Crippen LogP contribution in [0.15, 0.2) is 65.6 Å². The fourth-order valence-electron chi connectivity index (χ4n) is 3.73. The Labute approximate surface area is 176 Å². The Balaban J connectivity index is 1.40. The van der Waals surface area contributed by atoms with Crippen molar-refractivity contribution in [3.05, 3.63) is 60.7 Å². The highest BCUT2D eigenvalue weighted by atomic mass is 32.2. The first-order chi connectivity index (χ1) is 14.4. The Morgan fingerprint density at radius 1 is 1.07 bits per heavy atom. The molecular formula is C23H24N2O4S. The molecule has 1 aliphatic rings. The first-order valence-electron chi connectivity index (χ1n) is 9.97. The molecule has 0 spiro atoms. The third-order valence-electron chi connectivity index (χ3n) is 4.94. The summed E-state index contributed by atoms with van der Waals surface area (Å²) < 4.78 is 33.0. The zero-order chi connectivity index (χ0) is 21.3. The van der Waals surface area contributed by atoms with Crippen molar-refractivity contribution < 1.29 is 17.9 Å². The highest BCUT2D eigenvalue weighted by Crippen LogP contribution is 2.41. The van der Waals surface area contributed by atoms with E-state index in [1.807, 2.05) is 50.2 Å². The van der Waals surface area contributed by atoms with Crippen LogP contribution in [0.5, 0.6) is 5.75 Å². The fraction of sp³-hybridized carbons (Fsp3) is 0.261. The van der Waals surface area contributed by atoms with E-state index in [-0.39, 0.29) is 25.0 Å². The number of benzene rings is 3. The number of hydrogen-bond donors (Lipinski definition) is 1. The summed E-state index contributed by atoms with van der Waals surface area (Å²) in [5.74, 6) is 0.529. The zero-order valence-corrected chi connectivity index (χ0v) is 17.8. The van der Waals surface area contributed by atoms with Crippen LogP contribution in [-0.2, 0) is 14.8 Å². The van der Waals surface area contributed by atoms with Crippen LogP contribution in [0.1, 0.15) is 26.7 Å². The van der Waals surface area contributed by atoms with Gasteiger partial charge in [0, 0.05) is 30.1 Å². The lowest BCUT2D eigenvalue weighted by Gasteiger charge is -2.18. The lowest BCUT2D eigenvalue weighted by Crippen LogP contribution is -2.28. The number of hydrogen-bond acceptors (Lipinski definition) is 4. The molecule has 0 aromatic heterocycles. The average Bonchev–Trinajstić information content (AvgIpc) is 2.91. The van der Waals surface area contributed by atoms with Gasteiger partial charge in [-0.05, 0) is 49.9 Å². The number of carbonyl (C=O) groups is 1. The number of anilines is 2. The second kappa shape index (κ2) is 7.99. The zero-order valence-electron chi connectivity index (χ0n) is 17.0. The van der Waals surface area contributed by atoms with Crippen molar-refractivity contribution in [3.8, 4) is 5.75 Å². The minimum absolute atomic E-state index is 0.0481. The molecular weight excluding hydrogens is 400 g/mol. The van der Waals surface area contributed by atoms with Gasteiger partial charge >= 0.3 is 0 Å². The highest BCUT2D eigenvalue weighted by Gasteiger charge is 2.35. The molecule has 1 N–H and O–H groups in total. The standard InChI is InChI=1S/C23H24N2O4S/c1-16(2)29-19-10-5-9-18(15-19)24-22(26)13-6-14-25-20-11-3-7-17-8-4-12-21(23(17)20)30(25,27)28/h3-5,7-12,15-16H,6,13-14H2,1-2H3,(H,24,26). The molecule has 30 heavy (non-hydrogen) atoms. The van der Waals surface area contributed by atoms with Crippen LogP contribution in [0.3, 0.4) is 0 Å². The third kappa shape index (κ3) is 3.85. The monoisotopic (exact) mass is 424 g/mol. The van der Waals surface area contributed by atoms with Crippen molar-refractivity contribution in [2.24, 2.45) is 0 Å². The number of rotatable bonds is 7. The van der Waals surface area contributed by atoms with Crippen molar-refractivity contribution in [1.82, 2.24) is 0 Å². The van der Waals surface area contributed by atoms with E-state index in [1.54, 1.807) is 24.3 Å². The molecule has 1 aliphatic heterocycles. The molecule has 0 radical (unpaired) electrons. The van der Waals surface area contributed by atoms with Crippen molar-refractivity contribution >= 4 is 38.1 Å². The second-order valence-electron chi connectivity index (χ2n) is 7.55.